The van der Waals surface area contributed by atoms with E-state index in [2.05, 4.69) is 21.2 Å². The maximum absolute atomic E-state index is 12.4. The Morgan fingerprint density at radius 2 is 1.82 bits per heavy atom. The lowest BCUT2D eigenvalue weighted by molar-refractivity contribution is -0.384. The van der Waals surface area contributed by atoms with E-state index < -0.39 is 29.2 Å². The van der Waals surface area contributed by atoms with Crippen molar-refractivity contribution in [2.75, 3.05) is 20.3 Å². The zero-order valence-electron chi connectivity index (χ0n) is 24.8. The van der Waals surface area contributed by atoms with Gasteiger partial charge in [-0.25, -0.2) is 9.59 Å². The molecule has 3 aromatic rings. The van der Waals surface area contributed by atoms with Crippen molar-refractivity contribution in [1.82, 2.24) is 16.1 Å². The topological polar surface area (TPSA) is 183 Å². The van der Waals surface area contributed by atoms with Crippen LogP contribution in [0.1, 0.15) is 36.6 Å². The van der Waals surface area contributed by atoms with Gasteiger partial charge in [-0.3, -0.25) is 15.5 Å². The fourth-order valence-corrected chi connectivity index (χ4v) is 4.35. The number of esters is 1. The Hall–Kier alpha value is -5.63. The Kier molecular flexibility index (Phi) is 10.9. The van der Waals surface area contributed by atoms with E-state index in [-0.39, 0.29) is 24.5 Å². The standard InChI is InChI=1S/C31H33N5O9/c1-4-43-26-15-22(29-28(30(38)42-3)19(2)33-31(39)34-29)9-14-25(26)45-18-27(37)35-32-16-20-7-12-24(13-8-20)44-17-21-5-10-23(11-6-21)36(40)41/h5-16,27,29,35,37H,4,17-18H2,1-3H3,(H2,33,34,39)/b32-16-/t27-,29-/m1/s1. The van der Waals surface area contributed by atoms with Crippen LogP contribution >= 0.6 is 0 Å². The number of hydrogen-bond acceptors (Lipinski definition) is 11. The molecule has 0 bridgehead atoms. The van der Waals surface area contributed by atoms with Crippen molar-refractivity contribution in [3.8, 4) is 17.2 Å². The fourth-order valence-electron chi connectivity index (χ4n) is 4.35. The third kappa shape index (κ3) is 8.70. The molecule has 2 amide bonds. The maximum Gasteiger partial charge on any atom is 0.337 e. The Bertz CT molecular complexity index is 1570. The minimum atomic E-state index is -1.15. The van der Waals surface area contributed by atoms with Gasteiger partial charge >= 0.3 is 12.0 Å². The minimum absolute atomic E-state index is 0.0201. The molecule has 1 heterocycles. The molecule has 0 saturated carbocycles. The summed E-state index contributed by atoms with van der Waals surface area (Å²) in [5, 5.41) is 30.5. The number of rotatable bonds is 14. The van der Waals surface area contributed by atoms with Gasteiger partial charge in [-0.15, -0.1) is 0 Å². The SMILES string of the molecule is CCOc1cc([C@H]2NC(=O)NC(C)=C2C(=O)OC)ccc1OC[C@@H](O)N/N=C\c1ccc(OCc2ccc([N+](=O)[O-])cc2)cc1. The number of ether oxygens (including phenoxy) is 4. The van der Waals surface area contributed by atoms with Crippen LogP contribution in [0, 0.1) is 10.1 Å². The summed E-state index contributed by atoms with van der Waals surface area (Å²) in [7, 11) is 1.27. The van der Waals surface area contributed by atoms with Gasteiger partial charge in [0.1, 0.15) is 19.0 Å². The van der Waals surface area contributed by atoms with E-state index >= 15 is 0 Å². The molecule has 4 N–H and O–H groups in total. The fraction of sp³-hybridized carbons (Fsp3) is 0.258. The number of non-ortho nitro benzene ring substituents is 1. The monoisotopic (exact) mass is 619 g/mol. The van der Waals surface area contributed by atoms with Crippen LogP contribution in [0.3, 0.4) is 0 Å². The third-order valence-corrected chi connectivity index (χ3v) is 6.54. The Labute approximate surface area is 258 Å². The molecule has 1 aliphatic rings. The predicted molar refractivity (Wildman–Crippen MR) is 163 cm³/mol. The van der Waals surface area contributed by atoms with Crippen LogP contribution in [-0.2, 0) is 16.1 Å². The molecule has 0 fully saturated rings. The molecule has 14 nitrogen and oxygen atoms in total. The predicted octanol–water partition coefficient (Wildman–Crippen LogP) is 3.69. The van der Waals surface area contributed by atoms with Gasteiger partial charge in [0.15, 0.2) is 17.7 Å². The van der Waals surface area contributed by atoms with Crippen LogP contribution in [0.5, 0.6) is 17.2 Å². The van der Waals surface area contributed by atoms with Gasteiger partial charge in [0.2, 0.25) is 0 Å². The first kappa shape index (κ1) is 32.3. The number of hydrazone groups is 1. The van der Waals surface area contributed by atoms with Crippen molar-refractivity contribution in [3.63, 3.8) is 0 Å². The summed E-state index contributed by atoms with van der Waals surface area (Å²) in [6.45, 7) is 3.83. The van der Waals surface area contributed by atoms with Crippen LogP contribution in [0.4, 0.5) is 10.5 Å². The van der Waals surface area contributed by atoms with Crippen LogP contribution in [0.25, 0.3) is 0 Å². The molecule has 45 heavy (non-hydrogen) atoms. The summed E-state index contributed by atoms with van der Waals surface area (Å²) in [5.74, 6) is 0.729. The lowest BCUT2D eigenvalue weighted by Crippen LogP contribution is -2.45. The molecule has 1 aliphatic heterocycles. The molecular weight excluding hydrogens is 586 g/mol. The normalized spacial score (nSPS) is 15.1. The number of carbonyl (C=O) groups excluding carboxylic acids is 2. The molecule has 2 atom stereocenters. The van der Waals surface area contributed by atoms with E-state index in [0.717, 1.165) is 11.1 Å². The second kappa shape index (κ2) is 15.2. The van der Waals surface area contributed by atoms with Crippen molar-refractivity contribution in [3.05, 3.63) is 105 Å². The second-order valence-corrected chi connectivity index (χ2v) is 9.70. The number of aliphatic hydroxyl groups excluding tert-OH is 1. The molecule has 236 valence electrons. The number of nitro benzene ring substituents is 1. The minimum Gasteiger partial charge on any atom is -0.490 e. The van der Waals surface area contributed by atoms with Crippen molar-refractivity contribution in [2.45, 2.75) is 32.7 Å². The molecule has 0 radical (unpaired) electrons. The first-order chi connectivity index (χ1) is 21.7. The highest BCUT2D eigenvalue weighted by atomic mass is 16.6. The van der Waals surface area contributed by atoms with Crippen LogP contribution < -0.4 is 30.3 Å². The van der Waals surface area contributed by atoms with Gasteiger partial charge in [0, 0.05) is 17.8 Å². The smallest absolute Gasteiger partial charge is 0.337 e. The van der Waals surface area contributed by atoms with E-state index in [1.54, 1.807) is 68.4 Å². The molecule has 0 saturated heterocycles. The van der Waals surface area contributed by atoms with Crippen molar-refractivity contribution < 1.29 is 38.6 Å². The largest absolute Gasteiger partial charge is 0.490 e. The molecular formula is C31H33N5O9. The Balaban J connectivity index is 1.30. The zero-order valence-corrected chi connectivity index (χ0v) is 24.8. The lowest BCUT2D eigenvalue weighted by Gasteiger charge is -2.28. The lowest BCUT2D eigenvalue weighted by atomic mass is 9.95. The van der Waals surface area contributed by atoms with E-state index in [1.165, 1.54) is 25.5 Å². The third-order valence-electron chi connectivity index (χ3n) is 6.54. The van der Waals surface area contributed by atoms with E-state index in [1.807, 2.05) is 0 Å². The van der Waals surface area contributed by atoms with Gasteiger partial charge in [-0.05, 0) is 79.1 Å². The summed E-state index contributed by atoms with van der Waals surface area (Å²) in [4.78, 5) is 34.9. The molecule has 0 unspecified atom stereocenters. The molecule has 4 rings (SSSR count). The second-order valence-electron chi connectivity index (χ2n) is 9.70. The van der Waals surface area contributed by atoms with E-state index in [9.17, 15) is 24.8 Å². The van der Waals surface area contributed by atoms with Crippen molar-refractivity contribution in [1.29, 1.82) is 0 Å². The van der Waals surface area contributed by atoms with Gasteiger partial charge in [0.05, 0.1) is 36.5 Å². The number of amides is 2. The van der Waals surface area contributed by atoms with Crippen molar-refractivity contribution >= 4 is 23.9 Å². The number of nitrogens with one attached hydrogen (secondary N) is 3. The summed E-state index contributed by atoms with van der Waals surface area (Å²) in [5.41, 5.74) is 5.37. The molecule has 3 aromatic carbocycles. The number of methoxy groups -OCH3 is 1. The number of nitro groups is 1. The highest BCUT2D eigenvalue weighted by Crippen LogP contribution is 2.35. The molecule has 14 heteroatoms. The number of hydrogen-bond donors (Lipinski definition) is 4. The number of nitrogens with zero attached hydrogens (tertiary/aromatic N) is 2. The average Bonchev–Trinajstić information content (AvgIpc) is 3.03. The number of urea groups is 1. The number of allylic oxidation sites excluding steroid dienone is 1. The maximum atomic E-state index is 12.4. The molecule has 0 aliphatic carbocycles. The zero-order chi connectivity index (χ0) is 32.3. The quantitative estimate of drug-likeness (QED) is 0.0683. The van der Waals surface area contributed by atoms with Crippen molar-refractivity contribution in [2.24, 2.45) is 5.10 Å². The van der Waals surface area contributed by atoms with Crippen LogP contribution in [0.2, 0.25) is 0 Å². The van der Waals surface area contributed by atoms with Gasteiger partial charge in [0.25, 0.3) is 5.69 Å². The van der Waals surface area contributed by atoms with Gasteiger partial charge in [-0.2, -0.15) is 5.10 Å². The average molecular weight is 620 g/mol. The van der Waals surface area contributed by atoms with Gasteiger partial charge in [-0.1, -0.05) is 6.07 Å². The van der Waals surface area contributed by atoms with E-state index in [4.69, 9.17) is 18.9 Å². The Morgan fingerprint density at radius 1 is 1.09 bits per heavy atom. The van der Waals surface area contributed by atoms with Crippen LogP contribution in [0.15, 0.2) is 83.1 Å². The summed E-state index contributed by atoms with van der Waals surface area (Å²) in [6.07, 6.45) is 0.366. The first-order valence-corrected chi connectivity index (χ1v) is 13.9. The summed E-state index contributed by atoms with van der Waals surface area (Å²) < 4.78 is 22.1. The van der Waals surface area contributed by atoms with Gasteiger partial charge < -0.3 is 34.7 Å². The Morgan fingerprint density at radius 3 is 2.49 bits per heavy atom. The highest BCUT2D eigenvalue weighted by Gasteiger charge is 2.32. The molecule has 0 spiro atoms. The van der Waals surface area contributed by atoms with E-state index in [0.29, 0.717) is 35.1 Å². The summed E-state index contributed by atoms with van der Waals surface area (Å²) >= 11 is 0. The summed E-state index contributed by atoms with van der Waals surface area (Å²) in [6, 6.07) is 17.0. The number of aliphatic hydroxyl groups is 1. The first-order valence-electron chi connectivity index (χ1n) is 13.9. The van der Waals surface area contributed by atoms with Crippen LogP contribution in [-0.4, -0.2) is 54.8 Å². The highest BCUT2D eigenvalue weighted by molar-refractivity contribution is 5.95. The number of carbonyl (C=O) groups is 2. The molecule has 0 aromatic heterocycles. The number of benzene rings is 3.